The monoisotopic (exact) mass is 336 g/mol. The van der Waals surface area contributed by atoms with Gasteiger partial charge in [-0.1, -0.05) is 0 Å². The van der Waals surface area contributed by atoms with Crippen LogP contribution in [0.15, 0.2) is 22.4 Å². The number of benzene rings is 1. The zero-order chi connectivity index (χ0) is 10.3. The second kappa shape index (κ2) is 3.71. The minimum absolute atomic E-state index is 0.296. The molecule has 1 heterocycles. The summed E-state index contributed by atoms with van der Waals surface area (Å²) in [6.07, 6.45) is 0. The fourth-order valence-electron chi connectivity index (χ4n) is 1.31. The van der Waals surface area contributed by atoms with Crippen molar-refractivity contribution in [3.8, 4) is 0 Å². The first-order valence-corrected chi connectivity index (χ1v) is 6.14. The molecule has 1 aromatic carbocycles. The van der Waals surface area contributed by atoms with Crippen LogP contribution in [0.25, 0.3) is 10.1 Å². The lowest BCUT2D eigenvalue weighted by Crippen LogP contribution is -1.99. The van der Waals surface area contributed by atoms with Crippen LogP contribution in [0.4, 0.5) is 0 Å². The number of fused-ring (bicyclic) bond motifs is 1. The van der Waals surface area contributed by atoms with Gasteiger partial charge in [0.15, 0.2) is 0 Å². The zero-order valence-electron chi connectivity index (χ0n) is 6.82. The van der Waals surface area contributed by atoms with E-state index in [1.165, 1.54) is 0 Å². The van der Waals surface area contributed by atoms with E-state index in [0.717, 1.165) is 13.7 Å². The van der Waals surface area contributed by atoms with Crippen LogP contribution < -0.4 is 0 Å². The molecule has 1 N–H and O–H groups in total. The van der Waals surface area contributed by atoms with Gasteiger partial charge in [-0.2, -0.15) is 0 Å². The first-order valence-electron chi connectivity index (χ1n) is 3.73. The molecule has 0 spiro atoms. The maximum Gasteiger partial charge on any atom is 0.337 e. The van der Waals surface area contributed by atoms with Crippen molar-refractivity contribution in [3.63, 3.8) is 0 Å². The first kappa shape index (κ1) is 10.3. The summed E-state index contributed by atoms with van der Waals surface area (Å²) in [5, 5.41) is 11.7. The molecule has 14 heavy (non-hydrogen) atoms. The fraction of sp³-hybridized carbons (Fsp3) is 0. The van der Waals surface area contributed by atoms with E-state index in [1.54, 1.807) is 17.4 Å². The van der Waals surface area contributed by atoms with Crippen molar-refractivity contribution < 1.29 is 9.90 Å². The molecule has 0 bridgehead atoms. The summed E-state index contributed by atoms with van der Waals surface area (Å²) in [7, 11) is 0. The predicted molar refractivity (Wildman–Crippen MR) is 68.8 cm³/mol. The lowest BCUT2D eigenvalue weighted by Gasteiger charge is -2.03. The van der Waals surface area contributed by atoms with Gasteiger partial charge in [-0.25, -0.2) is 4.79 Å². The van der Waals surface area contributed by atoms with Crippen molar-refractivity contribution in [1.29, 1.82) is 0 Å². The normalized spacial score (nSPS) is 10.7. The van der Waals surface area contributed by atoms with E-state index in [0.29, 0.717) is 10.5 Å². The second-order valence-electron chi connectivity index (χ2n) is 2.72. The average molecular weight is 336 g/mol. The molecule has 0 aliphatic carbocycles. The minimum Gasteiger partial charge on any atom is -0.478 e. The molecule has 0 fully saturated rings. The molecular weight excluding hydrogens is 331 g/mol. The van der Waals surface area contributed by atoms with Crippen LogP contribution in [-0.4, -0.2) is 11.1 Å². The smallest absolute Gasteiger partial charge is 0.337 e. The largest absolute Gasteiger partial charge is 0.478 e. The molecule has 72 valence electrons. The summed E-state index contributed by atoms with van der Waals surface area (Å²) in [4.78, 5) is 11.5. The SMILES string of the molecule is O=C(O)c1c(S)cc(I)c2sccc12. The number of halogens is 1. The Bertz CT molecular complexity index is 519. The van der Waals surface area contributed by atoms with Gasteiger partial charge in [0.05, 0.1) is 5.56 Å². The first-order chi connectivity index (χ1) is 6.61. The van der Waals surface area contributed by atoms with Crippen molar-refractivity contribution in [2.75, 3.05) is 0 Å². The standard InChI is InChI=1S/C9H5IO2S2/c10-5-3-6(13)7(9(11)12)4-1-2-14-8(4)5/h1-3,13H,(H,11,12). The third kappa shape index (κ3) is 1.53. The highest BCUT2D eigenvalue weighted by atomic mass is 127. The molecule has 0 aliphatic rings. The molecule has 2 aromatic rings. The summed E-state index contributed by atoms with van der Waals surface area (Å²) >= 11 is 7.92. The van der Waals surface area contributed by atoms with Crippen molar-refractivity contribution in [2.24, 2.45) is 0 Å². The number of thiol groups is 1. The van der Waals surface area contributed by atoms with Crippen LogP contribution in [-0.2, 0) is 0 Å². The van der Waals surface area contributed by atoms with Gasteiger partial charge in [0.25, 0.3) is 0 Å². The van der Waals surface area contributed by atoms with Gasteiger partial charge in [0.2, 0.25) is 0 Å². The van der Waals surface area contributed by atoms with Gasteiger partial charge in [-0.05, 0) is 40.1 Å². The van der Waals surface area contributed by atoms with Gasteiger partial charge in [-0.3, -0.25) is 0 Å². The quantitative estimate of drug-likeness (QED) is 0.618. The Labute approximate surface area is 103 Å². The van der Waals surface area contributed by atoms with Crippen LogP contribution in [0.2, 0.25) is 0 Å². The summed E-state index contributed by atoms with van der Waals surface area (Å²) < 4.78 is 2.06. The molecule has 0 atom stereocenters. The van der Waals surface area contributed by atoms with Crippen LogP contribution in [0.5, 0.6) is 0 Å². The number of carboxylic acid groups (broad SMARTS) is 1. The number of rotatable bonds is 1. The average Bonchev–Trinajstić information content (AvgIpc) is 2.51. The number of thiophene rings is 1. The van der Waals surface area contributed by atoms with E-state index in [2.05, 4.69) is 35.2 Å². The molecule has 1 aromatic heterocycles. The van der Waals surface area contributed by atoms with Crippen LogP contribution in [0.3, 0.4) is 0 Å². The van der Waals surface area contributed by atoms with Crippen LogP contribution >= 0.6 is 46.6 Å². The number of hydrogen-bond donors (Lipinski definition) is 2. The molecule has 2 rings (SSSR count). The summed E-state index contributed by atoms with van der Waals surface area (Å²) in [5.74, 6) is -0.921. The molecule has 2 nitrogen and oxygen atoms in total. The lowest BCUT2D eigenvalue weighted by molar-refractivity contribution is 0.0695. The van der Waals surface area contributed by atoms with Crippen molar-refractivity contribution in [1.82, 2.24) is 0 Å². The van der Waals surface area contributed by atoms with Gasteiger partial charge in [0.1, 0.15) is 0 Å². The number of carboxylic acids is 1. The van der Waals surface area contributed by atoms with Crippen LogP contribution in [0, 0.1) is 3.57 Å². The fourth-order valence-corrected chi connectivity index (χ4v) is 3.70. The summed E-state index contributed by atoms with van der Waals surface area (Å²) in [6.45, 7) is 0. The third-order valence-electron chi connectivity index (χ3n) is 1.88. The maximum absolute atomic E-state index is 11.0. The van der Waals surface area contributed by atoms with Gasteiger partial charge in [-0.15, -0.1) is 24.0 Å². The minimum atomic E-state index is -0.921. The molecule has 0 unspecified atom stereocenters. The van der Waals surface area contributed by atoms with E-state index in [-0.39, 0.29) is 0 Å². The Morgan fingerprint density at radius 3 is 2.93 bits per heavy atom. The van der Waals surface area contributed by atoms with Gasteiger partial charge in [0, 0.05) is 18.6 Å². The summed E-state index contributed by atoms with van der Waals surface area (Å²) in [6, 6.07) is 3.61. The molecule has 5 heteroatoms. The highest BCUT2D eigenvalue weighted by Gasteiger charge is 2.15. The van der Waals surface area contributed by atoms with Crippen LogP contribution in [0.1, 0.15) is 10.4 Å². The lowest BCUT2D eigenvalue weighted by atomic mass is 10.1. The van der Waals surface area contributed by atoms with Crippen molar-refractivity contribution in [2.45, 2.75) is 4.90 Å². The van der Waals surface area contributed by atoms with Crippen molar-refractivity contribution in [3.05, 3.63) is 26.6 Å². The third-order valence-corrected chi connectivity index (χ3v) is 4.40. The van der Waals surface area contributed by atoms with Gasteiger partial charge >= 0.3 is 5.97 Å². The zero-order valence-corrected chi connectivity index (χ0v) is 10.7. The van der Waals surface area contributed by atoms with E-state index in [4.69, 9.17) is 5.11 Å². The summed E-state index contributed by atoms with van der Waals surface area (Å²) in [5.41, 5.74) is 0.296. The molecule has 0 saturated heterocycles. The second-order valence-corrected chi connectivity index (χ2v) is 5.28. The Balaban J connectivity index is 2.93. The molecular formula is C9H5IO2S2. The van der Waals surface area contributed by atoms with Gasteiger partial charge < -0.3 is 5.11 Å². The highest BCUT2D eigenvalue weighted by Crippen LogP contribution is 2.33. The number of aromatic carboxylic acids is 1. The van der Waals surface area contributed by atoms with E-state index >= 15 is 0 Å². The number of carbonyl (C=O) groups is 1. The molecule has 0 amide bonds. The molecule has 0 saturated carbocycles. The Kier molecular flexibility index (Phi) is 2.72. The Morgan fingerprint density at radius 2 is 2.29 bits per heavy atom. The predicted octanol–water partition coefficient (Wildman–Crippen LogP) is 3.49. The molecule has 0 aliphatic heterocycles. The van der Waals surface area contributed by atoms with E-state index in [9.17, 15) is 4.79 Å². The Hall–Kier alpha value is -0.270. The Morgan fingerprint density at radius 1 is 1.57 bits per heavy atom. The van der Waals surface area contributed by atoms with Crippen molar-refractivity contribution >= 4 is 62.6 Å². The number of hydrogen-bond acceptors (Lipinski definition) is 3. The van der Waals surface area contributed by atoms with E-state index in [1.807, 2.05) is 11.4 Å². The highest BCUT2D eigenvalue weighted by molar-refractivity contribution is 14.1. The topological polar surface area (TPSA) is 37.3 Å². The molecule has 0 radical (unpaired) electrons. The maximum atomic E-state index is 11.0. The van der Waals surface area contributed by atoms with E-state index < -0.39 is 5.97 Å².